The van der Waals surface area contributed by atoms with Crippen molar-refractivity contribution in [3.63, 3.8) is 0 Å². The van der Waals surface area contributed by atoms with Crippen LogP contribution in [-0.4, -0.2) is 58.0 Å². The highest BCUT2D eigenvalue weighted by Crippen LogP contribution is 2.42. The Bertz CT molecular complexity index is 818. The predicted octanol–water partition coefficient (Wildman–Crippen LogP) is 1.21. The third-order valence-corrected chi connectivity index (χ3v) is 4.98. The van der Waals surface area contributed by atoms with E-state index >= 15 is 0 Å². The van der Waals surface area contributed by atoms with Gasteiger partial charge in [-0.25, -0.2) is 13.1 Å². The number of benzene rings is 1. The van der Waals surface area contributed by atoms with Crippen molar-refractivity contribution in [2.45, 2.75) is 19.1 Å². The van der Waals surface area contributed by atoms with Gasteiger partial charge in [0.2, 0.25) is 15.9 Å². The first-order chi connectivity index (χ1) is 12.6. The fourth-order valence-electron chi connectivity index (χ4n) is 3.16. The number of nitrogens with one attached hydrogen (secondary N) is 2. The fourth-order valence-corrected chi connectivity index (χ4v) is 3.70. The monoisotopic (exact) mass is 405 g/mol. The molecule has 0 radical (unpaired) electrons. The van der Waals surface area contributed by atoms with Gasteiger partial charge in [0, 0.05) is 24.8 Å². The van der Waals surface area contributed by atoms with E-state index in [1.54, 1.807) is 0 Å². The van der Waals surface area contributed by atoms with Gasteiger partial charge in [-0.15, -0.1) is 8.78 Å². The van der Waals surface area contributed by atoms with Gasteiger partial charge in [0.1, 0.15) is 0 Å². The lowest BCUT2D eigenvalue weighted by Gasteiger charge is -2.32. The molecule has 1 atom stereocenters. The lowest BCUT2D eigenvalue weighted by atomic mass is 9.98. The minimum absolute atomic E-state index is 0.0877. The highest BCUT2D eigenvalue weighted by molar-refractivity contribution is 7.88. The second-order valence-electron chi connectivity index (χ2n) is 6.74. The van der Waals surface area contributed by atoms with E-state index in [0.29, 0.717) is 18.8 Å². The average molecular weight is 405 g/mol. The molecule has 1 saturated heterocycles. The molecule has 0 spiro atoms. The summed E-state index contributed by atoms with van der Waals surface area (Å²) in [5.74, 6) is -0.385. The Morgan fingerprint density at radius 1 is 1.33 bits per heavy atom. The van der Waals surface area contributed by atoms with Crippen LogP contribution in [0.1, 0.15) is 12.8 Å². The Morgan fingerprint density at radius 3 is 2.81 bits per heavy atom. The van der Waals surface area contributed by atoms with Crippen molar-refractivity contribution in [3.05, 3.63) is 18.2 Å². The lowest BCUT2D eigenvalue weighted by molar-refractivity contribution is -0.286. The number of likely N-dealkylation sites (tertiary alicyclic amines) is 1. The van der Waals surface area contributed by atoms with E-state index in [1.165, 1.54) is 18.2 Å². The Labute approximate surface area is 155 Å². The molecule has 1 aromatic rings. The van der Waals surface area contributed by atoms with Crippen molar-refractivity contribution >= 4 is 21.6 Å². The van der Waals surface area contributed by atoms with Crippen LogP contribution >= 0.6 is 0 Å². The minimum Gasteiger partial charge on any atom is -0.395 e. The molecule has 2 aliphatic heterocycles. The zero-order valence-corrected chi connectivity index (χ0v) is 15.5. The van der Waals surface area contributed by atoms with Gasteiger partial charge < -0.3 is 14.8 Å². The summed E-state index contributed by atoms with van der Waals surface area (Å²) in [6, 6.07) is 4.04. The summed E-state index contributed by atoms with van der Waals surface area (Å²) >= 11 is 0. The summed E-state index contributed by atoms with van der Waals surface area (Å²) < 4.78 is 59.6. The molecule has 2 N–H and O–H groups in total. The lowest BCUT2D eigenvalue weighted by Crippen LogP contribution is -2.43. The van der Waals surface area contributed by atoms with E-state index in [1.807, 2.05) is 4.90 Å². The van der Waals surface area contributed by atoms with Gasteiger partial charge in [0.15, 0.2) is 11.5 Å². The second kappa shape index (κ2) is 7.56. The maximum Gasteiger partial charge on any atom is 0.586 e. The highest BCUT2D eigenvalue weighted by atomic mass is 32.2. The zero-order valence-electron chi connectivity index (χ0n) is 14.7. The van der Waals surface area contributed by atoms with Crippen LogP contribution in [0.25, 0.3) is 0 Å². The molecule has 1 aromatic carbocycles. The third kappa shape index (κ3) is 5.75. The summed E-state index contributed by atoms with van der Waals surface area (Å²) in [7, 11) is -3.24. The smallest absolute Gasteiger partial charge is 0.395 e. The van der Waals surface area contributed by atoms with Crippen LogP contribution in [0.2, 0.25) is 0 Å². The number of rotatable bonds is 6. The number of carbonyl (C=O) groups is 1. The number of ether oxygens (including phenoxy) is 2. The molecule has 0 bridgehead atoms. The molecule has 8 nitrogen and oxygen atoms in total. The van der Waals surface area contributed by atoms with E-state index in [-0.39, 0.29) is 29.9 Å². The molecular weight excluding hydrogens is 384 g/mol. The van der Waals surface area contributed by atoms with E-state index in [2.05, 4.69) is 19.5 Å². The summed E-state index contributed by atoms with van der Waals surface area (Å²) in [6.45, 7) is 1.80. The SMILES string of the molecule is CS(=O)(=O)NCC1CCCN(CC(=O)Nc2ccc3c(c2)OC(F)(F)O3)C1. The molecule has 1 unspecified atom stereocenters. The van der Waals surface area contributed by atoms with E-state index in [0.717, 1.165) is 25.6 Å². The summed E-state index contributed by atoms with van der Waals surface area (Å²) in [5, 5.41) is 2.64. The van der Waals surface area contributed by atoms with Gasteiger partial charge in [0.05, 0.1) is 12.8 Å². The maximum absolute atomic E-state index is 13.0. The predicted molar refractivity (Wildman–Crippen MR) is 93.3 cm³/mol. The van der Waals surface area contributed by atoms with Gasteiger partial charge in [0.25, 0.3) is 0 Å². The molecule has 2 heterocycles. The number of carbonyl (C=O) groups excluding carboxylic acids is 1. The number of halogens is 2. The van der Waals surface area contributed by atoms with Gasteiger partial charge in [-0.05, 0) is 37.4 Å². The largest absolute Gasteiger partial charge is 0.586 e. The summed E-state index contributed by atoms with van der Waals surface area (Å²) in [4.78, 5) is 14.2. The number of nitrogens with zero attached hydrogens (tertiary/aromatic N) is 1. The molecule has 0 aromatic heterocycles. The number of sulfonamides is 1. The van der Waals surface area contributed by atoms with Crippen molar-refractivity contribution in [2.24, 2.45) is 5.92 Å². The van der Waals surface area contributed by atoms with Crippen LogP contribution in [0.15, 0.2) is 18.2 Å². The number of piperidine rings is 1. The normalized spacial score (nSPS) is 21.8. The van der Waals surface area contributed by atoms with Crippen LogP contribution in [-0.2, 0) is 14.8 Å². The van der Waals surface area contributed by atoms with E-state index in [9.17, 15) is 22.0 Å². The topological polar surface area (TPSA) is 97.0 Å². The second-order valence-corrected chi connectivity index (χ2v) is 8.57. The summed E-state index contributed by atoms with van der Waals surface area (Å²) in [5.41, 5.74) is 0.326. The number of anilines is 1. The van der Waals surface area contributed by atoms with Crippen molar-refractivity contribution in [3.8, 4) is 11.5 Å². The molecule has 150 valence electrons. The quantitative estimate of drug-likeness (QED) is 0.739. The molecule has 0 aliphatic carbocycles. The first kappa shape index (κ1) is 19.8. The van der Waals surface area contributed by atoms with Crippen LogP contribution in [0, 0.1) is 5.92 Å². The number of alkyl halides is 2. The van der Waals surface area contributed by atoms with Crippen molar-refractivity contribution in [2.75, 3.05) is 37.8 Å². The van der Waals surface area contributed by atoms with Crippen LogP contribution in [0.3, 0.4) is 0 Å². The zero-order chi connectivity index (χ0) is 19.7. The standard InChI is InChI=1S/C16H21F2N3O5S/c1-27(23,24)19-8-11-3-2-6-21(9-11)10-15(22)20-12-4-5-13-14(7-12)26-16(17,18)25-13/h4-5,7,11,19H,2-3,6,8-10H2,1H3,(H,20,22). The van der Waals surface area contributed by atoms with Crippen molar-refractivity contribution in [1.29, 1.82) is 0 Å². The maximum atomic E-state index is 13.0. The van der Waals surface area contributed by atoms with Crippen LogP contribution in [0.4, 0.5) is 14.5 Å². The van der Waals surface area contributed by atoms with Crippen molar-refractivity contribution in [1.82, 2.24) is 9.62 Å². The van der Waals surface area contributed by atoms with Crippen molar-refractivity contribution < 1.29 is 31.5 Å². The Hall–Kier alpha value is -1.98. The van der Waals surface area contributed by atoms with Gasteiger partial charge in [-0.3, -0.25) is 9.69 Å². The van der Waals surface area contributed by atoms with E-state index in [4.69, 9.17) is 0 Å². The number of amides is 1. The molecule has 2 aliphatic rings. The number of hydrogen-bond acceptors (Lipinski definition) is 6. The Morgan fingerprint density at radius 2 is 2.07 bits per heavy atom. The summed E-state index contributed by atoms with van der Waals surface area (Å²) in [6.07, 6.45) is -0.838. The molecule has 1 amide bonds. The molecule has 11 heteroatoms. The average Bonchev–Trinajstić information content (AvgIpc) is 2.85. The molecule has 0 saturated carbocycles. The molecule has 27 heavy (non-hydrogen) atoms. The van der Waals surface area contributed by atoms with Gasteiger partial charge in [-0.2, -0.15) is 0 Å². The van der Waals surface area contributed by atoms with Gasteiger partial charge in [-0.1, -0.05) is 0 Å². The third-order valence-electron chi connectivity index (χ3n) is 4.29. The molecule has 3 rings (SSSR count). The van der Waals surface area contributed by atoms with Crippen LogP contribution < -0.4 is 19.5 Å². The highest BCUT2D eigenvalue weighted by Gasteiger charge is 2.43. The molecule has 1 fully saturated rings. The van der Waals surface area contributed by atoms with Crippen LogP contribution in [0.5, 0.6) is 11.5 Å². The number of fused-ring (bicyclic) bond motifs is 1. The Balaban J connectivity index is 1.51. The minimum atomic E-state index is -3.70. The Kier molecular flexibility index (Phi) is 5.54. The number of hydrogen-bond donors (Lipinski definition) is 2. The first-order valence-corrected chi connectivity index (χ1v) is 10.4. The van der Waals surface area contributed by atoms with E-state index < -0.39 is 16.3 Å². The van der Waals surface area contributed by atoms with Gasteiger partial charge >= 0.3 is 6.29 Å². The first-order valence-electron chi connectivity index (χ1n) is 8.46. The fraction of sp³-hybridized carbons (Fsp3) is 0.562. The molecular formula is C16H21F2N3O5S.